The van der Waals surface area contributed by atoms with Crippen LogP contribution in [0.15, 0.2) is 66.7 Å². The number of hydrogen-bond donors (Lipinski definition) is 1. The van der Waals surface area contributed by atoms with E-state index in [0.29, 0.717) is 43.2 Å². The summed E-state index contributed by atoms with van der Waals surface area (Å²) in [6.07, 6.45) is -10.6. The van der Waals surface area contributed by atoms with Gasteiger partial charge in [-0.25, -0.2) is 4.79 Å². The number of alkyl halides is 6. The molecule has 7 nitrogen and oxygen atoms in total. The lowest BCUT2D eigenvalue weighted by Gasteiger charge is -2.22. The number of amides is 1. The zero-order valence-electron chi connectivity index (χ0n) is 28.2. The van der Waals surface area contributed by atoms with E-state index in [1.54, 1.807) is 19.1 Å². The molecule has 3 aromatic rings. The fourth-order valence-corrected chi connectivity index (χ4v) is 6.19. The molecule has 1 N–H and O–H groups in total. The maximum Gasteiger partial charge on any atom is 0.416 e. The number of halogens is 6. The smallest absolute Gasteiger partial charge is 0.416 e. The number of fused-ring (bicyclic) bond motifs is 1. The van der Waals surface area contributed by atoms with Crippen molar-refractivity contribution in [3.63, 3.8) is 0 Å². The van der Waals surface area contributed by atoms with E-state index in [1.165, 1.54) is 4.90 Å². The van der Waals surface area contributed by atoms with Crippen molar-refractivity contribution in [2.75, 3.05) is 32.8 Å². The molecule has 1 saturated heterocycles. The van der Waals surface area contributed by atoms with Crippen LogP contribution in [0.25, 0.3) is 0 Å². The Morgan fingerprint density at radius 2 is 1.38 bits per heavy atom. The molecular weight excluding hydrogens is 666 g/mol. The molecule has 0 bridgehead atoms. The predicted octanol–water partition coefficient (Wildman–Crippen LogP) is 7.31. The number of nitrogens with one attached hydrogen (secondary N) is 1. The van der Waals surface area contributed by atoms with E-state index in [0.717, 1.165) is 11.1 Å². The number of esters is 1. The summed E-state index contributed by atoms with van der Waals surface area (Å²) >= 11 is 0. The summed E-state index contributed by atoms with van der Waals surface area (Å²) in [6.45, 7) is 9.61. The summed E-state index contributed by atoms with van der Waals surface area (Å²) < 4.78 is 96.5. The van der Waals surface area contributed by atoms with Gasteiger partial charge in [0.25, 0.3) is 5.91 Å². The number of piperidine rings is 1. The van der Waals surface area contributed by atoms with Crippen LogP contribution in [0.5, 0.6) is 11.5 Å². The fraction of sp³-hybridized carbons (Fsp3) is 0.459. The van der Waals surface area contributed by atoms with Crippen LogP contribution in [0.4, 0.5) is 26.3 Å². The molecule has 0 radical (unpaired) electrons. The van der Waals surface area contributed by atoms with Crippen molar-refractivity contribution in [1.29, 1.82) is 0 Å². The second-order valence-corrected chi connectivity index (χ2v) is 13.6. The van der Waals surface area contributed by atoms with E-state index in [9.17, 15) is 35.9 Å². The lowest BCUT2D eigenvalue weighted by atomic mass is 9.87. The number of benzene rings is 3. The largest absolute Gasteiger partial charge is 0.492 e. The van der Waals surface area contributed by atoms with Gasteiger partial charge in [0.2, 0.25) is 0 Å². The Bertz CT molecular complexity index is 1610. The van der Waals surface area contributed by atoms with Gasteiger partial charge in [0.05, 0.1) is 17.7 Å². The van der Waals surface area contributed by atoms with Crippen molar-refractivity contribution in [1.82, 2.24) is 10.2 Å². The highest BCUT2D eigenvalue weighted by Crippen LogP contribution is 2.46. The first-order valence-corrected chi connectivity index (χ1v) is 16.4. The van der Waals surface area contributed by atoms with Crippen LogP contribution in [0.3, 0.4) is 0 Å². The molecule has 0 aromatic heterocycles. The average molecular weight is 707 g/mol. The minimum atomic E-state index is -5.02. The Morgan fingerprint density at radius 3 is 1.90 bits per heavy atom. The van der Waals surface area contributed by atoms with Crippen LogP contribution in [-0.2, 0) is 33.7 Å². The Balaban J connectivity index is 1.07. The number of carbonyl (C=O) groups excluding carboxylic acids is 2. The molecule has 13 heteroatoms. The third kappa shape index (κ3) is 9.09. The van der Waals surface area contributed by atoms with Gasteiger partial charge < -0.3 is 24.4 Å². The molecule has 1 aliphatic carbocycles. The SMILES string of the molecule is CCOC(=O)[C@H](Cc1ccc(OCCN[C@H]2[C@@H]3CN(C(=O)c4cc(C(F)(F)F)cc(C(F)(F)F)c4)C[C@@H]32)cc1)Oc1ccc(C(C)(C)C)cc1. The Kier molecular flexibility index (Phi) is 10.8. The minimum Gasteiger partial charge on any atom is -0.492 e. The maximum absolute atomic E-state index is 13.2. The second kappa shape index (κ2) is 14.5. The first-order valence-electron chi connectivity index (χ1n) is 16.4. The summed E-state index contributed by atoms with van der Waals surface area (Å²) in [5, 5.41) is 3.35. The molecule has 1 aliphatic heterocycles. The lowest BCUT2D eigenvalue weighted by molar-refractivity contribution is -0.151. The molecule has 1 heterocycles. The Hall–Kier alpha value is -4.26. The second-order valence-electron chi connectivity index (χ2n) is 13.6. The first-order chi connectivity index (χ1) is 23.4. The van der Waals surface area contributed by atoms with E-state index >= 15 is 0 Å². The van der Waals surface area contributed by atoms with Crippen molar-refractivity contribution in [3.05, 3.63) is 94.5 Å². The van der Waals surface area contributed by atoms with Crippen molar-refractivity contribution in [2.45, 2.75) is 64.0 Å². The van der Waals surface area contributed by atoms with Gasteiger partial charge in [-0.1, -0.05) is 45.0 Å². The average Bonchev–Trinajstić information content (AvgIpc) is 3.48. The van der Waals surface area contributed by atoms with Crippen molar-refractivity contribution in [3.8, 4) is 11.5 Å². The molecule has 1 saturated carbocycles. The number of rotatable bonds is 12. The van der Waals surface area contributed by atoms with Gasteiger partial charge in [-0.2, -0.15) is 26.3 Å². The molecule has 2 aliphatic rings. The normalized spacial score (nSPS) is 19.5. The van der Waals surface area contributed by atoms with E-state index < -0.39 is 47.0 Å². The quantitative estimate of drug-likeness (QED) is 0.121. The predicted molar refractivity (Wildman–Crippen MR) is 173 cm³/mol. The Morgan fingerprint density at radius 1 is 0.820 bits per heavy atom. The molecule has 1 amide bonds. The fourth-order valence-electron chi connectivity index (χ4n) is 6.19. The third-order valence-electron chi connectivity index (χ3n) is 8.96. The van der Waals surface area contributed by atoms with Gasteiger partial charge in [0.1, 0.15) is 18.1 Å². The topological polar surface area (TPSA) is 77.1 Å². The van der Waals surface area contributed by atoms with Gasteiger partial charge in [-0.15, -0.1) is 0 Å². The van der Waals surface area contributed by atoms with Crippen LogP contribution < -0.4 is 14.8 Å². The Labute approximate surface area is 286 Å². The van der Waals surface area contributed by atoms with Gasteiger partial charge >= 0.3 is 18.3 Å². The van der Waals surface area contributed by atoms with Gasteiger partial charge in [-0.3, -0.25) is 4.79 Å². The molecular formula is C37H40F6N2O5. The third-order valence-corrected chi connectivity index (χ3v) is 8.96. The minimum absolute atomic E-state index is 0.0140. The molecule has 0 spiro atoms. The summed E-state index contributed by atoms with van der Waals surface area (Å²) in [4.78, 5) is 26.9. The molecule has 0 unspecified atom stereocenters. The lowest BCUT2D eigenvalue weighted by Crippen LogP contribution is -2.36. The van der Waals surface area contributed by atoms with E-state index in [2.05, 4.69) is 26.1 Å². The van der Waals surface area contributed by atoms with E-state index in [4.69, 9.17) is 14.2 Å². The van der Waals surface area contributed by atoms with Crippen LogP contribution in [0, 0.1) is 11.8 Å². The van der Waals surface area contributed by atoms with Crippen molar-refractivity contribution < 1.29 is 50.1 Å². The molecule has 3 aromatic carbocycles. The molecule has 5 rings (SSSR count). The molecule has 50 heavy (non-hydrogen) atoms. The van der Waals surface area contributed by atoms with E-state index in [1.807, 2.05) is 36.4 Å². The van der Waals surface area contributed by atoms with Crippen LogP contribution in [-0.4, -0.2) is 61.8 Å². The maximum atomic E-state index is 13.2. The van der Waals surface area contributed by atoms with Crippen LogP contribution in [0.1, 0.15) is 60.3 Å². The highest BCUT2D eigenvalue weighted by molar-refractivity contribution is 5.95. The van der Waals surface area contributed by atoms with Crippen LogP contribution >= 0.6 is 0 Å². The summed E-state index contributed by atoms with van der Waals surface area (Å²) in [7, 11) is 0. The standard InChI is InChI=1S/C37H40F6N2O5/c1-5-48-34(47)31(50-28-12-8-24(9-13-28)35(2,3)4)16-22-6-10-27(11-7-22)49-15-14-44-32-29-20-45(21-30(29)32)33(46)23-17-25(36(38,39)40)19-26(18-23)37(41,42)43/h6-13,17-19,29-32,44H,5,14-16,20-21H2,1-4H3/t29-,30+,31-,32+/m0/s1. The zero-order chi connectivity index (χ0) is 36.4. The van der Waals surface area contributed by atoms with E-state index in [-0.39, 0.29) is 49.1 Å². The first kappa shape index (κ1) is 37.0. The highest BCUT2D eigenvalue weighted by atomic mass is 19.4. The van der Waals surface area contributed by atoms with Gasteiger partial charge in [-0.05, 0) is 77.8 Å². The molecule has 4 atom stereocenters. The van der Waals surface area contributed by atoms with Crippen LogP contribution in [0.2, 0.25) is 0 Å². The van der Waals surface area contributed by atoms with Gasteiger partial charge in [0, 0.05) is 37.7 Å². The zero-order valence-corrected chi connectivity index (χ0v) is 28.2. The molecule has 270 valence electrons. The molecule has 2 fully saturated rings. The van der Waals surface area contributed by atoms with Crippen molar-refractivity contribution in [2.24, 2.45) is 11.8 Å². The number of ether oxygens (including phenoxy) is 3. The number of likely N-dealkylation sites (tertiary alicyclic amines) is 1. The summed E-state index contributed by atoms with van der Waals surface area (Å²) in [6, 6.07) is 16.0. The monoisotopic (exact) mass is 706 g/mol. The number of carbonyl (C=O) groups is 2. The summed E-state index contributed by atoms with van der Waals surface area (Å²) in [5.74, 6) is -0.0160. The highest BCUT2D eigenvalue weighted by Gasteiger charge is 2.56. The van der Waals surface area contributed by atoms with Crippen molar-refractivity contribution >= 4 is 11.9 Å². The van der Waals surface area contributed by atoms with Gasteiger partial charge in [0.15, 0.2) is 6.10 Å². The number of hydrogen-bond acceptors (Lipinski definition) is 6. The number of nitrogens with zero attached hydrogens (tertiary/aromatic N) is 1. The summed E-state index contributed by atoms with van der Waals surface area (Å²) in [5.41, 5.74) is -1.67.